The predicted molar refractivity (Wildman–Crippen MR) is 80.9 cm³/mol. The van der Waals surface area contributed by atoms with E-state index < -0.39 is 10.1 Å². The molecule has 5 nitrogen and oxygen atoms in total. The molecule has 1 aliphatic heterocycles. The van der Waals surface area contributed by atoms with Crippen LogP contribution in [0.25, 0.3) is 0 Å². The number of hydrogen-bond donors (Lipinski definition) is 1. The molecule has 20 heavy (non-hydrogen) atoms. The minimum atomic E-state index is -3.80. The first kappa shape index (κ1) is 18.3. The van der Waals surface area contributed by atoms with Gasteiger partial charge in [0, 0.05) is 10.8 Å². The first-order valence-electron chi connectivity index (χ1n) is 6.35. The molecule has 1 aromatic rings. The average molecular weight is 330 g/mol. The Hall–Kier alpha value is 0.210. The summed E-state index contributed by atoms with van der Waals surface area (Å²) in [6, 6.07) is 0. The molecule has 0 bridgehead atoms. The van der Waals surface area contributed by atoms with Gasteiger partial charge >= 0.3 is 29.6 Å². The normalized spacial score (nSPS) is 17.6. The van der Waals surface area contributed by atoms with Gasteiger partial charge in [0.15, 0.2) is 11.5 Å². The van der Waals surface area contributed by atoms with Crippen LogP contribution in [0.1, 0.15) is 32.1 Å². The van der Waals surface area contributed by atoms with E-state index in [1.165, 1.54) is 0 Å². The molecule has 0 fully saturated rings. The second-order valence-corrected chi connectivity index (χ2v) is 6.96. The number of ether oxygens (including phenoxy) is 2. The Balaban J connectivity index is 0.00000200. The summed E-state index contributed by atoms with van der Waals surface area (Å²) >= 11 is 1.56. The van der Waals surface area contributed by atoms with Gasteiger partial charge in [0.2, 0.25) is 0 Å². The molecule has 0 spiro atoms. The Morgan fingerprint density at radius 3 is 2.65 bits per heavy atom. The van der Waals surface area contributed by atoms with E-state index in [0.29, 0.717) is 13.0 Å². The van der Waals surface area contributed by atoms with Crippen molar-refractivity contribution in [1.82, 2.24) is 0 Å². The molecule has 8 heteroatoms. The van der Waals surface area contributed by atoms with Gasteiger partial charge < -0.3 is 9.47 Å². The zero-order valence-electron chi connectivity index (χ0n) is 10.6. The monoisotopic (exact) mass is 330 g/mol. The summed E-state index contributed by atoms with van der Waals surface area (Å²) in [5.41, 5.74) is 0. The first-order valence-corrected chi connectivity index (χ1v) is 8.90. The van der Waals surface area contributed by atoms with E-state index >= 15 is 0 Å². The molecule has 1 unspecified atom stereocenters. The fourth-order valence-electron chi connectivity index (χ4n) is 2.01. The topological polar surface area (TPSA) is 72.8 Å². The van der Waals surface area contributed by atoms with Crippen LogP contribution in [0.15, 0.2) is 10.8 Å². The maximum atomic E-state index is 10.5. The molecule has 2 heterocycles. The number of fused-ring (bicyclic) bond motifs is 1. The van der Waals surface area contributed by atoms with Crippen LogP contribution in [0.3, 0.4) is 0 Å². The summed E-state index contributed by atoms with van der Waals surface area (Å²) < 4.78 is 41.0. The van der Waals surface area contributed by atoms with Gasteiger partial charge in [-0.05, 0) is 19.3 Å². The standard InChI is InChI=1S/C12H18O5S2.Na.H/c13-19(14,15)6-4-2-1-3-5-10-7-16-11-8-18-9-12(11)17-10;;/h8-10H,1-7H2,(H,13,14,15);;. The van der Waals surface area contributed by atoms with Crippen molar-refractivity contribution in [3.8, 4) is 11.5 Å². The van der Waals surface area contributed by atoms with E-state index in [1.54, 1.807) is 11.3 Å². The molecule has 0 amide bonds. The van der Waals surface area contributed by atoms with Gasteiger partial charge in [-0.15, -0.1) is 11.3 Å². The summed E-state index contributed by atoms with van der Waals surface area (Å²) in [5.74, 6) is 1.51. The summed E-state index contributed by atoms with van der Waals surface area (Å²) in [5, 5.41) is 3.87. The van der Waals surface area contributed by atoms with Gasteiger partial charge in [-0.2, -0.15) is 8.42 Å². The van der Waals surface area contributed by atoms with Crippen LogP contribution in [0.5, 0.6) is 11.5 Å². The van der Waals surface area contributed by atoms with Gasteiger partial charge in [0.05, 0.1) is 5.75 Å². The van der Waals surface area contributed by atoms with Gasteiger partial charge in [-0.1, -0.05) is 12.8 Å². The molecule has 0 aliphatic carbocycles. The van der Waals surface area contributed by atoms with Crippen molar-refractivity contribution in [1.29, 1.82) is 0 Å². The summed E-state index contributed by atoms with van der Waals surface area (Å²) in [7, 11) is -3.80. The predicted octanol–water partition coefficient (Wildman–Crippen LogP) is 2.08. The van der Waals surface area contributed by atoms with Crippen LogP contribution in [-0.2, 0) is 10.1 Å². The third kappa shape index (κ3) is 6.32. The fraction of sp³-hybridized carbons (Fsp3) is 0.667. The van der Waals surface area contributed by atoms with E-state index in [0.717, 1.165) is 37.2 Å². The Morgan fingerprint density at radius 1 is 1.20 bits per heavy atom. The molecule has 2 rings (SSSR count). The zero-order valence-corrected chi connectivity index (χ0v) is 12.2. The fourth-order valence-corrected chi connectivity index (χ4v) is 3.25. The molecule has 1 aromatic heterocycles. The third-order valence-electron chi connectivity index (χ3n) is 2.99. The Labute approximate surface area is 145 Å². The van der Waals surface area contributed by atoms with Gasteiger partial charge in [-0.3, -0.25) is 4.55 Å². The van der Waals surface area contributed by atoms with E-state index in [2.05, 4.69) is 0 Å². The second-order valence-electron chi connectivity index (χ2n) is 4.64. The molecule has 1 atom stereocenters. The van der Waals surface area contributed by atoms with E-state index in [4.69, 9.17) is 14.0 Å². The third-order valence-corrected chi connectivity index (χ3v) is 4.49. The van der Waals surface area contributed by atoms with Crippen molar-refractivity contribution in [2.24, 2.45) is 0 Å². The average Bonchev–Trinajstić information content (AvgIpc) is 2.79. The van der Waals surface area contributed by atoms with E-state index in [9.17, 15) is 8.42 Å². The molecular weight excluding hydrogens is 311 g/mol. The van der Waals surface area contributed by atoms with Crippen molar-refractivity contribution >= 4 is 51.0 Å². The molecule has 0 saturated carbocycles. The molecule has 1 N–H and O–H groups in total. The Kier molecular flexibility index (Phi) is 7.86. The van der Waals surface area contributed by atoms with Gasteiger partial charge in [0.25, 0.3) is 10.1 Å². The minimum absolute atomic E-state index is 0. The summed E-state index contributed by atoms with van der Waals surface area (Å²) in [4.78, 5) is 0. The maximum absolute atomic E-state index is 10.5. The van der Waals surface area contributed by atoms with Crippen LogP contribution in [-0.4, -0.2) is 61.0 Å². The van der Waals surface area contributed by atoms with Crippen molar-refractivity contribution in [3.05, 3.63) is 10.8 Å². The molecule has 0 radical (unpaired) electrons. The number of rotatable bonds is 7. The van der Waals surface area contributed by atoms with Crippen molar-refractivity contribution in [2.75, 3.05) is 12.4 Å². The van der Waals surface area contributed by atoms with Crippen molar-refractivity contribution < 1.29 is 22.4 Å². The van der Waals surface area contributed by atoms with E-state index in [-0.39, 0.29) is 41.4 Å². The van der Waals surface area contributed by atoms with Crippen LogP contribution in [0.2, 0.25) is 0 Å². The second kappa shape index (κ2) is 8.60. The van der Waals surface area contributed by atoms with Crippen LogP contribution in [0.4, 0.5) is 0 Å². The van der Waals surface area contributed by atoms with Crippen LogP contribution < -0.4 is 9.47 Å². The number of thiophene rings is 1. The molecule has 110 valence electrons. The van der Waals surface area contributed by atoms with Gasteiger partial charge in [0.1, 0.15) is 12.7 Å². The van der Waals surface area contributed by atoms with Crippen molar-refractivity contribution in [2.45, 2.75) is 38.2 Å². The SMILES string of the molecule is O=S(=O)(O)CCCCCCC1COc2cscc2O1.[NaH]. The van der Waals surface area contributed by atoms with Gasteiger partial charge in [-0.25, -0.2) is 0 Å². The first-order chi connectivity index (χ1) is 9.04. The molecule has 0 aromatic carbocycles. The summed E-state index contributed by atoms with van der Waals surface area (Å²) in [6.07, 6.45) is 4.21. The quantitative estimate of drug-likeness (QED) is 0.471. The summed E-state index contributed by atoms with van der Waals surface area (Å²) in [6.45, 7) is 0.578. The molecule has 0 saturated heterocycles. The van der Waals surface area contributed by atoms with Crippen molar-refractivity contribution in [3.63, 3.8) is 0 Å². The number of unbranched alkanes of at least 4 members (excludes halogenated alkanes) is 3. The zero-order chi connectivity index (χ0) is 13.7. The molecular formula is C12H19NaO5S2. The van der Waals surface area contributed by atoms with E-state index in [1.807, 2.05) is 10.8 Å². The number of hydrogen-bond acceptors (Lipinski definition) is 5. The Bertz CT molecular complexity index is 500. The Morgan fingerprint density at radius 2 is 1.90 bits per heavy atom. The van der Waals surface area contributed by atoms with Crippen LogP contribution >= 0.6 is 11.3 Å². The molecule has 1 aliphatic rings. The van der Waals surface area contributed by atoms with Crippen LogP contribution in [0, 0.1) is 0 Å².